The number of fused-ring (bicyclic) bond motifs is 2. The van der Waals surface area contributed by atoms with Gasteiger partial charge in [-0.15, -0.1) is 0 Å². The number of amides is 2. The molecule has 3 heterocycles. The molecule has 11 heteroatoms. The van der Waals surface area contributed by atoms with Crippen molar-refractivity contribution >= 4 is 58.2 Å². The lowest BCUT2D eigenvalue weighted by Crippen LogP contribution is -2.32. The zero-order chi connectivity index (χ0) is 24.9. The number of thiazole rings is 1. The molecular formula is C24H18ClFN2O5S2. The molecule has 2 aliphatic heterocycles. The molecule has 7 nitrogen and oxygen atoms in total. The summed E-state index contributed by atoms with van der Waals surface area (Å²) in [5.74, 6) is -3.32. The number of hydrogen-bond acceptors (Lipinski definition) is 7. The van der Waals surface area contributed by atoms with E-state index >= 15 is 0 Å². The molecular weight excluding hydrogens is 515 g/mol. The summed E-state index contributed by atoms with van der Waals surface area (Å²) in [6, 6.07) is 12.1. The molecule has 0 radical (unpaired) electrons. The number of thioether (sulfide) groups is 1. The summed E-state index contributed by atoms with van der Waals surface area (Å²) in [6.07, 6.45) is 0. The predicted molar refractivity (Wildman–Crippen MR) is 131 cm³/mol. The normalized spacial score (nSPS) is 21.1. The second kappa shape index (κ2) is 9.25. The molecule has 0 N–H and O–H groups in total. The molecule has 3 atom stereocenters. The van der Waals surface area contributed by atoms with Gasteiger partial charge in [-0.25, -0.2) is 9.29 Å². The zero-order valence-corrected chi connectivity index (χ0v) is 20.7. The molecule has 1 aromatic heterocycles. The highest BCUT2D eigenvalue weighted by Crippen LogP contribution is 2.53. The standard InChI is InChI=1S/C24H18ClFN2O5S2/c1-2-33-16(29)11-27-23-20(35-24(27)32)17(12-3-7-14(26)8-4-12)18-19(34-23)22(31)28(21(18)30)15-9-5-13(25)6-10-15/h3-10,17-19H,2,11H2,1H3/t17-,18-,19+/m0/s1. The first-order valence-corrected chi connectivity index (χ1v) is 12.8. The van der Waals surface area contributed by atoms with Crippen LogP contribution in [0, 0.1) is 11.7 Å². The Morgan fingerprint density at radius 1 is 1.06 bits per heavy atom. The first-order valence-electron chi connectivity index (χ1n) is 10.7. The largest absolute Gasteiger partial charge is 0.465 e. The lowest BCUT2D eigenvalue weighted by Gasteiger charge is -2.30. The summed E-state index contributed by atoms with van der Waals surface area (Å²) in [5.41, 5.74) is 0.996. The first-order chi connectivity index (χ1) is 16.8. The third-order valence-electron chi connectivity index (χ3n) is 5.96. The molecule has 2 aliphatic rings. The van der Waals surface area contributed by atoms with Crippen LogP contribution in [-0.4, -0.2) is 34.2 Å². The summed E-state index contributed by atoms with van der Waals surface area (Å²) in [7, 11) is 0. The van der Waals surface area contributed by atoms with Crippen LogP contribution >= 0.6 is 34.7 Å². The van der Waals surface area contributed by atoms with Crippen molar-refractivity contribution in [1.82, 2.24) is 4.57 Å². The minimum absolute atomic E-state index is 0.166. The third kappa shape index (κ3) is 4.09. The van der Waals surface area contributed by atoms with Crippen molar-refractivity contribution in [2.75, 3.05) is 11.5 Å². The fourth-order valence-corrected chi connectivity index (χ4v) is 7.36. The molecule has 0 spiro atoms. The Hall–Kier alpha value is -2.95. The highest BCUT2D eigenvalue weighted by atomic mass is 35.5. The van der Waals surface area contributed by atoms with E-state index < -0.39 is 45.6 Å². The van der Waals surface area contributed by atoms with Crippen molar-refractivity contribution in [2.45, 2.75) is 29.7 Å². The fourth-order valence-electron chi connectivity index (χ4n) is 4.46. The van der Waals surface area contributed by atoms with E-state index in [1.165, 1.54) is 16.7 Å². The van der Waals surface area contributed by atoms with Crippen LogP contribution < -0.4 is 9.77 Å². The highest BCUT2D eigenvalue weighted by Gasteiger charge is 2.56. The average Bonchev–Trinajstić information content (AvgIpc) is 3.27. The van der Waals surface area contributed by atoms with Gasteiger partial charge in [0.15, 0.2) is 0 Å². The Kier molecular flexibility index (Phi) is 6.29. The first kappa shape index (κ1) is 23.8. The molecule has 3 aromatic rings. The van der Waals surface area contributed by atoms with E-state index in [0.717, 1.165) is 28.0 Å². The number of benzene rings is 2. The Balaban J connectivity index is 1.64. The minimum Gasteiger partial charge on any atom is -0.465 e. The van der Waals surface area contributed by atoms with Gasteiger partial charge in [-0.3, -0.25) is 23.7 Å². The Morgan fingerprint density at radius 3 is 2.40 bits per heavy atom. The van der Waals surface area contributed by atoms with Gasteiger partial charge in [0.25, 0.3) is 0 Å². The number of carbonyl (C=O) groups excluding carboxylic acids is 3. The number of hydrogen-bond donors (Lipinski definition) is 0. The van der Waals surface area contributed by atoms with Crippen LogP contribution in [0.4, 0.5) is 10.1 Å². The van der Waals surface area contributed by atoms with Crippen LogP contribution in [-0.2, 0) is 25.7 Å². The van der Waals surface area contributed by atoms with Crippen molar-refractivity contribution in [1.29, 1.82) is 0 Å². The number of carbonyl (C=O) groups is 3. The van der Waals surface area contributed by atoms with Crippen LogP contribution in [0.25, 0.3) is 0 Å². The van der Waals surface area contributed by atoms with E-state index in [-0.39, 0.29) is 13.2 Å². The molecule has 180 valence electrons. The summed E-state index contributed by atoms with van der Waals surface area (Å²) in [5, 5.41) is 0.0832. The number of anilines is 1. The molecule has 0 unspecified atom stereocenters. The molecule has 0 saturated carbocycles. The maximum Gasteiger partial charge on any atom is 0.326 e. The lowest BCUT2D eigenvalue weighted by molar-refractivity contribution is -0.144. The van der Waals surface area contributed by atoms with Crippen LogP contribution in [0.5, 0.6) is 0 Å². The number of halogens is 2. The van der Waals surface area contributed by atoms with E-state index in [4.69, 9.17) is 16.3 Å². The predicted octanol–water partition coefficient (Wildman–Crippen LogP) is 4.06. The quantitative estimate of drug-likeness (QED) is 0.364. The van der Waals surface area contributed by atoms with E-state index in [1.54, 1.807) is 43.3 Å². The molecule has 2 amide bonds. The van der Waals surface area contributed by atoms with Crippen LogP contribution in [0.1, 0.15) is 23.3 Å². The minimum atomic E-state index is -0.830. The van der Waals surface area contributed by atoms with Crippen LogP contribution in [0.3, 0.4) is 0 Å². The van der Waals surface area contributed by atoms with E-state index in [2.05, 4.69) is 0 Å². The SMILES string of the molecule is CCOC(=O)Cn1c2c(sc1=O)[C@@H](c1ccc(F)cc1)[C@@H]1C(=O)N(c3ccc(Cl)cc3)C(=O)[C@@H]1S2. The van der Waals surface area contributed by atoms with Gasteiger partial charge in [0.2, 0.25) is 11.8 Å². The molecule has 0 aliphatic carbocycles. The van der Waals surface area contributed by atoms with Crippen molar-refractivity contribution < 1.29 is 23.5 Å². The number of imide groups is 1. The summed E-state index contributed by atoms with van der Waals surface area (Å²) in [4.78, 5) is 53.6. The Morgan fingerprint density at radius 2 is 1.74 bits per heavy atom. The van der Waals surface area contributed by atoms with Crippen molar-refractivity contribution in [3.05, 3.63) is 79.5 Å². The number of nitrogens with zero attached hydrogens (tertiary/aromatic N) is 2. The zero-order valence-electron chi connectivity index (χ0n) is 18.3. The molecule has 1 saturated heterocycles. The van der Waals surface area contributed by atoms with Crippen LogP contribution in [0.15, 0.2) is 58.4 Å². The van der Waals surface area contributed by atoms with Crippen molar-refractivity contribution in [3.8, 4) is 0 Å². The number of rotatable bonds is 5. The second-order valence-corrected chi connectivity index (χ2v) is 10.6. The summed E-state index contributed by atoms with van der Waals surface area (Å²) < 4.78 is 20.0. The van der Waals surface area contributed by atoms with Gasteiger partial charge in [-0.05, 0) is 48.9 Å². The van der Waals surface area contributed by atoms with Crippen LogP contribution in [0.2, 0.25) is 5.02 Å². The molecule has 5 rings (SSSR count). The van der Waals surface area contributed by atoms with E-state index in [1.807, 2.05) is 0 Å². The van der Waals surface area contributed by atoms with Gasteiger partial charge in [-0.1, -0.05) is 46.8 Å². The average molecular weight is 533 g/mol. The summed E-state index contributed by atoms with van der Waals surface area (Å²) >= 11 is 8.00. The van der Waals surface area contributed by atoms with Gasteiger partial charge in [0.1, 0.15) is 17.6 Å². The van der Waals surface area contributed by atoms with Gasteiger partial charge in [0.05, 0.1) is 23.2 Å². The molecule has 0 bridgehead atoms. The summed E-state index contributed by atoms with van der Waals surface area (Å²) in [6.45, 7) is 1.53. The molecule has 1 fully saturated rings. The fraction of sp³-hybridized carbons (Fsp3) is 0.250. The Bertz CT molecular complexity index is 1390. The lowest BCUT2D eigenvalue weighted by atomic mass is 9.83. The van der Waals surface area contributed by atoms with Gasteiger partial charge in [0, 0.05) is 15.8 Å². The number of esters is 1. The third-order valence-corrected chi connectivity index (χ3v) is 8.81. The maximum absolute atomic E-state index is 13.7. The molecule has 35 heavy (non-hydrogen) atoms. The monoisotopic (exact) mass is 532 g/mol. The topological polar surface area (TPSA) is 85.7 Å². The van der Waals surface area contributed by atoms with E-state index in [9.17, 15) is 23.6 Å². The number of aromatic nitrogens is 1. The van der Waals surface area contributed by atoms with Gasteiger partial charge >= 0.3 is 10.8 Å². The smallest absolute Gasteiger partial charge is 0.326 e. The maximum atomic E-state index is 13.7. The Labute approximate surface area is 212 Å². The molecule has 2 aromatic carbocycles. The van der Waals surface area contributed by atoms with E-state index in [0.29, 0.717) is 26.2 Å². The van der Waals surface area contributed by atoms with Crippen molar-refractivity contribution in [2.24, 2.45) is 5.92 Å². The van der Waals surface area contributed by atoms with Crippen molar-refractivity contribution in [3.63, 3.8) is 0 Å². The van der Waals surface area contributed by atoms with Gasteiger partial charge in [-0.2, -0.15) is 0 Å². The highest BCUT2D eigenvalue weighted by molar-refractivity contribution is 8.00. The number of ether oxygens (including phenoxy) is 1. The van der Waals surface area contributed by atoms with Gasteiger partial charge < -0.3 is 4.74 Å². The second-order valence-electron chi connectivity index (χ2n) is 8.01.